The van der Waals surface area contributed by atoms with Crippen molar-refractivity contribution in [1.82, 2.24) is 0 Å². The molecule has 0 unspecified atom stereocenters. The molecule has 6 heteroatoms. The van der Waals surface area contributed by atoms with Crippen molar-refractivity contribution >= 4 is 0 Å². The first kappa shape index (κ1) is 20.0. The average Bonchev–Trinajstić information content (AvgIpc) is 2.67. The minimum Gasteiger partial charge on any atom is -0.207 e. The maximum Gasteiger partial charge on any atom is 0.263 e. The number of aryl methyl sites for hydroxylation is 1. The van der Waals surface area contributed by atoms with E-state index in [9.17, 15) is 26.3 Å². The highest BCUT2D eigenvalue weighted by molar-refractivity contribution is 5.72. The quantitative estimate of drug-likeness (QED) is 0.394. The fourth-order valence-corrected chi connectivity index (χ4v) is 3.04. The van der Waals surface area contributed by atoms with Gasteiger partial charge in [0.15, 0.2) is 11.6 Å². The first-order valence-corrected chi connectivity index (χ1v) is 8.68. The zero-order valence-electron chi connectivity index (χ0n) is 14.9. The standard InChI is InChI=1S/C22H16F6/c1-2-3-14-10-19(24)17(11-18(14)23)16-9-8-15(20(25)21(16)26)12-4-6-13(7-5-12)22(27)28/h4-11,22H,2-3H2,1H3. The minimum absolute atomic E-state index is 0.162. The van der Waals surface area contributed by atoms with Gasteiger partial charge in [-0.15, -0.1) is 0 Å². The van der Waals surface area contributed by atoms with Crippen LogP contribution in [0.5, 0.6) is 0 Å². The van der Waals surface area contributed by atoms with E-state index in [-0.39, 0.29) is 27.8 Å². The second-order valence-corrected chi connectivity index (χ2v) is 6.38. The highest BCUT2D eigenvalue weighted by atomic mass is 19.3. The molecule has 0 radical (unpaired) electrons. The fraction of sp³-hybridized carbons (Fsp3) is 0.182. The van der Waals surface area contributed by atoms with Crippen LogP contribution in [0.3, 0.4) is 0 Å². The van der Waals surface area contributed by atoms with Crippen molar-refractivity contribution in [3.8, 4) is 22.3 Å². The molecule has 3 rings (SSSR count). The van der Waals surface area contributed by atoms with E-state index in [1.165, 1.54) is 18.2 Å². The van der Waals surface area contributed by atoms with Gasteiger partial charge in [-0.1, -0.05) is 49.7 Å². The van der Waals surface area contributed by atoms with Crippen LogP contribution in [0.25, 0.3) is 22.3 Å². The lowest BCUT2D eigenvalue weighted by Gasteiger charge is -2.12. The molecule has 0 aliphatic rings. The van der Waals surface area contributed by atoms with Gasteiger partial charge >= 0.3 is 0 Å². The van der Waals surface area contributed by atoms with Gasteiger partial charge in [0, 0.05) is 22.3 Å². The predicted molar refractivity (Wildman–Crippen MR) is 96.1 cm³/mol. The number of hydrogen-bond acceptors (Lipinski definition) is 0. The Hall–Kier alpha value is -2.76. The number of halogens is 6. The van der Waals surface area contributed by atoms with Crippen LogP contribution in [0.2, 0.25) is 0 Å². The smallest absolute Gasteiger partial charge is 0.207 e. The third-order valence-corrected chi connectivity index (χ3v) is 4.50. The van der Waals surface area contributed by atoms with Crippen LogP contribution in [-0.2, 0) is 6.42 Å². The van der Waals surface area contributed by atoms with Crippen LogP contribution >= 0.6 is 0 Å². The van der Waals surface area contributed by atoms with E-state index in [0.29, 0.717) is 12.8 Å². The van der Waals surface area contributed by atoms with Gasteiger partial charge in [0.05, 0.1) is 0 Å². The molecule has 0 spiro atoms. The second-order valence-electron chi connectivity index (χ2n) is 6.38. The Bertz CT molecular complexity index is 993. The average molecular weight is 394 g/mol. The van der Waals surface area contributed by atoms with Crippen LogP contribution < -0.4 is 0 Å². The molecule has 146 valence electrons. The Morgan fingerprint density at radius 2 is 1.32 bits per heavy atom. The molecule has 0 nitrogen and oxygen atoms in total. The van der Waals surface area contributed by atoms with Crippen molar-refractivity contribution in [1.29, 1.82) is 0 Å². The van der Waals surface area contributed by atoms with E-state index in [4.69, 9.17) is 0 Å². The number of benzene rings is 3. The zero-order valence-corrected chi connectivity index (χ0v) is 14.9. The maximum atomic E-state index is 14.6. The molecule has 0 aliphatic heterocycles. The summed E-state index contributed by atoms with van der Waals surface area (Å²) >= 11 is 0. The van der Waals surface area contributed by atoms with E-state index in [1.54, 1.807) is 0 Å². The summed E-state index contributed by atoms with van der Waals surface area (Å²) in [6.45, 7) is 1.81. The van der Waals surface area contributed by atoms with E-state index in [1.807, 2.05) is 6.92 Å². The van der Waals surface area contributed by atoms with Crippen molar-refractivity contribution in [2.75, 3.05) is 0 Å². The lowest BCUT2D eigenvalue weighted by Crippen LogP contribution is -1.99. The largest absolute Gasteiger partial charge is 0.263 e. The van der Waals surface area contributed by atoms with E-state index < -0.39 is 35.3 Å². The summed E-state index contributed by atoms with van der Waals surface area (Å²) in [7, 11) is 0. The summed E-state index contributed by atoms with van der Waals surface area (Å²) in [5, 5.41) is 0. The molecular weight excluding hydrogens is 378 g/mol. The summed E-state index contributed by atoms with van der Waals surface area (Å²) in [4.78, 5) is 0. The first-order chi connectivity index (χ1) is 13.3. The Balaban J connectivity index is 2.04. The van der Waals surface area contributed by atoms with Crippen LogP contribution in [0.4, 0.5) is 26.3 Å². The van der Waals surface area contributed by atoms with Gasteiger partial charge < -0.3 is 0 Å². The van der Waals surface area contributed by atoms with Gasteiger partial charge in [-0.3, -0.25) is 0 Å². The van der Waals surface area contributed by atoms with Crippen molar-refractivity contribution in [3.63, 3.8) is 0 Å². The maximum absolute atomic E-state index is 14.6. The molecule has 3 aromatic carbocycles. The van der Waals surface area contributed by atoms with Crippen LogP contribution in [0.15, 0.2) is 48.5 Å². The number of hydrogen-bond donors (Lipinski definition) is 0. The lowest BCUT2D eigenvalue weighted by molar-refractivity contribution is 0.151. The van der Waals surface area contributed by atoms with Crippen LogP contribution in [0, 0.1) is 23.3 Å². The molecule has 0 bridgehead atoms. The summed E-state index contributed by atoms with van der Waals surface area (Å²) in [6, 6.07) is 8.93. The topological polar surface area (TPSA) is 0 Å². The molecule has 28 heavy (non-hydrogen) atoms. The number of alkyl halides is 2. The molecule has 0 fully saturated rings. The Morgan fingerprint density at radius 1 is 0.714 bits per heavy atom. The first-order valence-electron chi connectivity index (χ1n) is 8.68. The molecule has 0 heterocycles. The van der Waals surface area contributed by atoms with Gasteiger partial charge in [0.1, 0.15) is 11.6 Å². The Morgan fingerprint density at radius 3 is 1.93 bits per heavy atom. The monoisotopic (exact) mass is 394 g/mol. The molecule has 0 saturated heterocycles. The zero-order chi connectivity index (χ0) is 20.4. The molecule has 0 amide bonds. The minimum atomic E-state index is -2.67. The summed E-state index contributed by atoms with van der Waals surface area (Å²) in [6.07, 6.45) is -1.74. The predicted octanol–water partition coefficient (Wildman–Crippen LogP) is 7.47. The number of rotatable bonds is 5. The highest BCUT2D eigenvalue weighted by Gasteiger charge is 2.20. The summed E-state index contributed by atoms with van der Waals surface area (Å²) < 4.78 is 83.0. The van der Waals surface area contributed by atoms with Crippen molar-refractivity contribution < 1.29 is 26.3 Å². The molecule has 0 saturated carbocycles. The third-order valence-electron chi connectivity index (χ3n) is 4.50. The summed E-state index contributed by atoms with van der Waals surface area (Å²) in [5.41, 5.74) is -0.840. The normalized spacial score (nSPS) is 11.3. The molecule has 0 atom stereocenters. The molecule has 0 aliphatic carbocycles. The molecule has 0 N–H and O–H groups in total. The Kier molecular flexibility index (Phi) is 5.77. The van der Waals surface area contributed by atoms with E-state index in [2.05, 4.69) is 0 Å². The third kappa shape index (κ3) is 3.77. The van der Waals surface area contributed by atoms with Gasteiger partial charge in [-0.05, 0) is 29.7 Å². The fourth-order valence-electron chi connectivity index (χ4n) is 3.04. The van der Waals surface area contributed by atoms with Gasteiger partial charge in [0.2, 0.25) is 0 Å². The van der Waals surface area contributed by atoms with Crippen molar-refractivity contribution in [2.24, 2.45) is 0 Å². The van der Waals surface area contributed by atoms with Crippen LogP contribution in [-0.4, -0.2) is 0 Å². The second kappa shape index (κ2) is 8.09. The van der Waals surface area contributed by atoms with Crippen LogP contribution in [0.1, 0.15) is 30.9 Å². The van der Waals surface area contributed by atoms with E-state index in [0.717, 1.165) is 30.3 Å². The molecular formula is C22H16F6. The SMILES string of the molecule is CCCc1cc(F)c(-c2ccc(-c3ccc(C(F)F)cc3)c(F)c2F)cc1F. The lowest BCUT2D eigenvalue weighted by atomic mass is 9.96. The van der Waals surface area contributed by atoms with Gasteiger partial charge in [-0.2, -0.15) is 0 Å². The Labute approximate surface area is 158 Å². The van der Waals surface area contributed by atoms with Crippen molar-refractivity contribution in [2.45, 2.75) is 26.2 Å². The summed E-state index contributed by atoms with van der Waals surface area (Å²) in [5.74, 6) is -4.14. The van der Waals surface area contributed by atoms with E-state index >= 15 is 0 Å². The molecule has 3 aromatic rings. The molecule has 0 aromatic heterocycles. The highest BCUT2D eigenvalue weighted by Crippen LogP contribution is 2.34. The van der Waals surface area contributed by atoms with Crippen molar-refractivity contribution in [3.05, 3.63) is 82.9 Å². The van der Waals surface area contributed by atoms with Gasteiger partial charge in [-0.25, -0.2) is 26.3 Å². The van der Waals surface area contributed by atoms with Gasteiger partial charge in [0.25, 0.3) is 6.43 Å².